The van der Waals surface area contributed by atoms with Crippen molar-refractivity contribution in [3.63, 3.8) is 0 Å². The van der Waals surface area contributed by atoms with Crippen LogP contribution in [0.2, 0.25) is 0 Å². The topological polar surface area (TPSA) is 0 Å². The van der Waals surface area contributed by atoms with Gasteiger partial charge in [-0.3, -0.25) is 0 Å². The van der Waals surface area contributed by atoms with E-state index in [9.17, 15) is 0 Å². The van der Waals surface area contributed by atoms with E-state index < -0.39 is 31.7 Å². The van der Waals surface area contributed by atoms with E-state index in [2.05, 4.69) is 264 Å². The molecular weight excluding hydrogens is 789 g/mol. The fraction of sp³-hybridized carbons (Fsp3) is 0.0400. The molecule has 0 unspecified atom stereocenters. The summed E-state index contributed by atoms with van der Waals surface area (Å²) in [5, 5.41) is 11.4. The van der Waals surface area contributed by atoms with E-state index in [1.165, 1.54) is 42.4 Å². The van der Waals surface area contributed by atoms with E-state index in [0.29, 0.717) is 0 Å². The van der Waals surface area contributed by atoms with Crippen LogP contribution in [0.4, 0.5) is 0 Å². The Kier molecular flexibility index (Phi) is 14.0. The fourth-order valence-electron chi connectivity index (χ4n) is 6.83. The summed E-state index contributed by atoms with van der Waals surface area (Å²) < 4.78 is 0.544. The minimum atomic E-state index is -0.802. The summed E-state index contributed by atoms with van der Waals surface area (Å²) in [5.74, 6) is 0. The van der Waals surface area contributed by atoms with Crippen LogP contribution < -0.4 is 42.4 Å². The Labute approximate surface area is 345 Å². The lowest BCUT2D eigenvalue weighted by Gasteiger charge is -2.39. The van der Waals surface area contributed by atoms with E-state index in [0.717, 1.165) is 0 Å². The minimum Gasteiger partial charge on any atom is -0.0788 e. The lowest BCUT2D eigenvalue weighted by Crippen LogP contribution is -2.27. The summed E-state index contributed by atoms with van der Waals surface area (Å²) in [7, 11) is 1.13. The zero-order valence-corrected chi connectivity index (χ0v) is 36.1. The normalized spacial score (nSPS) is 11.6. The molecule has 0 aliphatic carbocycles. The summed E-state index contributed by atoms with van der Waals surface area (Å²) in [6.07, 6.45) is 0. The Bertz CT molecular complexity index is 1830. The number of hydrogen-bond acceptors (Lipinski definition) is 2. The molecule has 274 valence electrons. The Balaban J connectivity index is 1.35. The second-order valence-corrected chi connectivity index (χ2v) is 26.9. The molecule has 0 N–H and O–H groups in total. The Hall–Kier alpha value is -3.82. The second kappa shape index (κ2) is 20.0. The van der Waals surface area contributed by atoms with Crippen molar-refractivity contribution in [3.05, 3.63) is 243 Å². The summed E-state index contributed by atoms with van der Waals surface area (Å²) in [6, 6.07) is 90.9. The van der Waals surface area contributed by atoms with Gasteiger partial charge in [-0.15, -0.1) is 0 Å². The van der Waals surface area contributed by atoms with Gasteiger partial charge in [-0.1, -0.05) is 264 Å². The largest absolute Gasteiger partial charge is 0.0788 e. The molecule has 0 nitrogen and oxygen atoms in total. The van der Waals surface area contributed by atoms with Gasteiger partial charge in [0.1, 0.15) is 0 Å². The molecule has 0 saturated carbocycles. The third kappa shape index (κ3) is 9.47. The average molecular weight is 831 g/mol. The van der Waals surface area contributed by atoms with Gasteiger partial charge in [-0.25, -0.2) is 0 Å². The lowest BCUT2D eigenvalue weighted by molar-refractivity contribution is 1.71. The Morgan fingerprint density at radius 3 is 0.446 bits per heavy atom. The fourth-order valence-corrected chi connectivity index (χ4v) is 29.0. The van der Waals surface area contributed by atoms with Crippen LogP contribution >= 0.6 is 53.3 Å². The maximum absolute atomic E-state index is 2.37. The first-order chi connectivity index (χ1) is 27.8. The van der Waals surface area contributed by atoms with Crippen molar-refractivity contribution in [1.82, 2.24) is 0 Å². The lowest BCUT2D eigenvalue weighted by atomic mass is 10.4. The van der Waals surface area contributed by atoms with Gasteiger partial charge in [-0.2, -0.15) is 0 Å². The molecule has 0 spiro atoms. The highest BCUT2D eigenvalue weighted by atomic mass is 33.1. The van der Waals surface area contributed by atoms with Crippen LogP contribution in [-0.4, -0.2) is 9.46 Å². The van der Waals surface area contributed by atoms with Gasteiger partial charge in [0.25, 0.3) is 0 Å². The molecule has 8 rings (SSSR count). The highest BCUT2D eigenvalue weighted by Crippen LogP contribution is 2.70. The van der Waals surface area contributed by atoms with Crippen LogP contribution in [0.3, 0.4) is 0 Å². The van der Waals surface area contributed by atoms with Gasteiger partial charge in [0, 0.05) is 0 Å². The summed E-state index contributed by atoms with van der Waals surface area (Å²) in [6.45, 7) is 0. The molecule has 0 aromatic heterocycles. The maximum atomic E-state index is 2.37. The molecule has 0 bridgehead atoms. The van der Waals surface area contributed by atoms with Crippen LogP contribution in [0.5, 0.6) is 0 Å². The van der Waals surface area contributed by atoms with Crippen molar-refractivity contribution < 1.29 is 0 Å². The van der Waals surface area contributed by atoms with Gasteiger partial charge >= 0.3 is 0 Å². The van der Waals surface area contributed by atoms with E-state index in [4.69, 9.17) is 0 Å². The third-order valence-corrected chi connectivity index (χ3v) is 28.2. The molecule has 0 atom stereocenters. The predicted octanol–water partition coefficient (Wildman–Crippen LogP) is 11.5. The number of hydrogen-bond donors (Lipinski definition) is 0. The standard InChI is InChI=1S/C50H42P4S2/c1-9-25-41(26-10-1)51(42-27-11-2-12-28-42)49(52(43-29-13-3-14-30-43)44-31-15-4-16-32-44)55-56-50(53(45-33-17-5-18-34-45)46-35-19-6-20-36-46)54(47-37-21-7-22-38-47)48-39-23-8-24-40-48/h1-40,49-50H. The molecule has 6 heteroatoms. The van der Waals surface area contributed by atoms with E-state index in [-0.39, 0.29) is 9.46 Å². The molecule has 0 radical (unpaired) electrons. The number of rotatable bonds is 15. The monoisotopic (exact) mass is 830 g/mol. The third-order valence-electron chi connectivity index (χ3n) is 9.39. The van der Waals surface area contributed by atoms with E-state index >= 15 is 0 Å². The summed E-state index contributed by atoms with van der Waals surface area (Å²) in [4.78, 5) is 0. The van der Waals surface area contributed by atoms with Crippen molar-refractivity contribution in [1.29, 1.82) is 0 Å². The van der Waals surface area contributed by atoms with Crippen molar-refractivity contribution >= 4 is 95.7 Å². The van der Waals surface area contributed by atoms with Crippen LogP contribution in [0, 0.1) is 0 Å². The molecule has 0 aliphatic rings. The van der Waals surface area contributed by atoms with Crippen LogP contribution in [-0.2, 0) is 0 Å². The molecule has 0 heterocycles. The molecule has 8 aromatic rings. The molecule has 56 heavy (non-hydrogen) atoms. The molecular formula is C50H42P4S2. The summed E-state index contributed by atoms with van der Waals surface area (Å²) in [5.41, 5.74) is 0. The van der Waals surface area contributed by atoms with Gasteiger partial charge in [-0.05, 0) is 74.1 Å². The maximum Gasteiger partial charge on any atom is 0.0711 e. The van der Waals surface area contributed by atoms with Crippen LogP contribution in [0.15, 0.2) is 243 Å². The zero-order valence-electron chi connectivity index (χ0n) is 30.9. The zero-order chi connectivity index (χ0) is 37.8. The number of benzene rings is 8. The molecule has 8 aromatic carbocycles. The van der Waals surface area contributed by atoms with Crippen molar-refractivity contribution in [2.24, 2.45) is 0 Å². The smallest absolute Gasteiger partial charge is 0.0711 e. The van der Waals surface area contributed by atoms with E-state index in [1.54, 1.807) is 0 Å². The highest BCUT2D eigenvalue weighted by Gasteiger charge is 2.39. The van der Waals surface area contributed by atoms with Crippen molar-refractivity contribution in [2.75, 3.05) is 0 Å². The summed E-state index contributed by atoms with van der Waals surface area (Å²) >= 11 is 0. The second-order valence-electron chi connectivity index (χ2n) is 13.0. The van der Waals surface area contributed by atoms with Gasteiger partial charge in [0.2, 0.25) is 0 Å². The molecule has 0 saturated heterocycles. The Morgan fingerprint density at radius 2 is 0.321 bits per heavy atom. The van der Waals surface area contributed by atoms with Crippen LogP contribution in [0.1, 0.15) is 0 Å². The molecule has 0 amide bonds. The molecule has 0 aliphatic heterocycles. The first-order valence-corrected chi connectivity index (χ1v) is 26.7. The average Bonchev–Trinajstić information content (AvgIpc) is 3.28. The van der Waals surface area contributed by atoms with Gasteiger partial charge in [0.05, 0.1) is 9.46 Å². The minimum absolute atomic E-state index is 0.272. The quantitative estimate of drug-likeness (QED) is 0.0746. The van der Waals surface area contributed by atoms with Crippen LogP contribution in [0.25, 0.3) is 0 Å². The van der Waals surface area contributed by atoms with Crippen molar-refractivity contribution in [3.8, 4) is 0 Å². The van der Waals surface area contributed by atoms with Gasteiger partial charge in [0.15, 0.2) is 0 Å². The SMILES string of the molecule is c1ccc(P(c2ccccc2)C(SSC(P(c2ccccc2)c2ccccc2)P(c2ccccc2)c2ccccc2)P(c2ccccc2)c2ccccc2)cc1. The van der Waals surface area contributed by atoms with E-state index in [1.807, 2.05) is 0 Å². The Morgan fingerprint density at radius 1 is 0.196 bits per heavy atom. The van der Waals surface area contributed by atoms with Gasteiger partial charge < -0.3 is 0 Å². The predicted molar refractivity (Wildman–Crippen MR) is 259 cm³/mol. The van der Waals surface area contributed by atoms with Crippen molar-refractivity contribution in [2.45, 2.75) is 9.46 Å². The first kappa shape index (κ1) is 39.0. The molecule has 0 fully saturated rings. The highest BCUT2D eigenvalue weighted by molar-refractivity contribution is 8.81. The first-order valence-electron chi connectivity index (χ1n) is 18.7.